The highest BCUT2D eigenvalue weighted by Crippen LogP contribution is 2.36. The van der Waals surface area contributed by atoms with Crippen LogP contribution in [0.2, 0.25) is 0 Å². The Morgan fingerprint density at radius 2 is 1.78 bits per heavy atom. The lowest BCUT2D eigenvalue weighted by Crippen LogP contribution is -2.11. The summed E-state index contributed by atoms with van der Waals surface area (Å²) in [6.07, 6.45) is 0. The highest BCUT2D eigenvalue weighted by atomic mass is 79.9. The SMILES string of the molecule is COc1nc(-c2ccc3c(c2)OCO3)n(-c2ccc(NC(=O)c3ccc(Br)cc3)cc2)n1. The Bertz CT molecular complexity index is 1290. The van der Waals surface area contributed by atoms with Gasteiger partial charge in [0.1, 0.15) is 0 Å². The molecule has 0 unspecified atom stereocenters. The van der Waals surface area contributed by atoms with Crippen molar-refractivity contribution in [3.05, 3.63) is 76.8 Å². The van der Waals surface area contributed by atoms with Crippen LogP contribution in [0, 0.1) is 0 Å². The molecule has 1 aliphatic heterocycles. The molecule has 2 heterocycles. The number of methoxy groups -OCH3 is 1. The molecule has 160 valence electrons. The largest absolute Gasteiger partial charge is 0.466 e. The van der Waals surface area contributed by atoms with E-state index in [1.807, 2.05) is 54.6 Å². The number of nitrogens with zero attached hydrogens (tertiary/aromatic N) is 3. The van der Waals surface area contributed by atoms with Gasteiger partial charge in [0.15, 0.2) is 17.3 Å². The minimum absolute atomic E-state index is 0.186. The first-order chi connectivity index (χ1) is 15.6. The summed E-state index contributed by atoms with van der Waals surface area (Å²) in [7, 11) is 1.52. The van der Waals surface area contributed by atoms with Gasteiger partial charge < -0.3 is 19.5 Å². The van der Waals surface area contributed by atoms with E-state index in [-0.39, 0.29) is 18.7 Å². The van der Waals surface area contributed by atoms with Crippen molar-refractivity contribution >= 4 is 27.5 Å². The average molecular weight is 493 g/mol. The Balaban J connectivity index is 1.42. The van der Waals surface area contributed by atoms with Crippen molar-refractivity contribution in [1.82, 2.24) is 14.8 Å². The second-order valence-electron chi connectivity index (χ2n) is 6.91. The van der Waals surface area contributed by atoms with Crippen LogP contribution in [0.15, 0.2) is 71.2 Å². The van der Waals surface area contributed by atoms with Crippen molar-refractivity contribution in [3.8, 4) is 34.6 Å². The van der Waals surface area contributed by atoms with Crippen LogP contribution in [0.5, 0.6) is 17.5 Å². The minimum Gasteiger partial charge on any atom is -0.466 e. The zero-order chi connectivity index (χ0) is 22.1. The van der Waals surface area contributed by atoms with Crippen molar-refractivity contribution in [2.75, 3.05) is 19.2 Å². The van der Waals surface area contributed by atoms with Gasteiger partial charge in [-0.15, -0.1) is 5.10 Å². The Labute approximate surface area is 191 Å². The van der Waals surface area contributed by atoms with Crippen molar-refractivity contribution in [3.63, 3.8) is 0 Å². The summed E-state index contributed by atoms with van der Waals surface area (Å²) in [6, 6.07) is 20.3. The van der Waals surface area contributed by atoms with Gasteiger partial charge in [-0.3, -0.25) is 4.79 Å². The van der Waals surface area contributed by atoms with Crippen molar-refractivity contribution < 1.29 is 19.0 Å². The molecule has 4 aromatic rings. The number of anilines is 1. The van der Waals surface area contributed by atoms with Gasteiger partial charge in [0.2, 0.25) is 6.79 Å². The van der Waals surface area contributed by atoms with E-state index in [0.29, 0.717) is 28.6 Å². The van der Waals surface area contributed by atoms with Crippen LogP contribution in [0.25, 0.3) is 17.1 Å². The normalized spacial score (nSPS) is 11.9. The first kappa shape index (κ1) is 20.1. The average Bonchev–Trinajstić information content (AvgIpc) is 3.46. The third-order valence-corrected chi connectivity index (χ3v) is 5.41. The molecule has 0 aliphatic carbocycles. The van der Waals surface area contributed by atoms with E-state index >= 15 is 0 Å². The number of fused-ring (bicyclic) bond motifs is 1. The van der Waals surface area contributed by atoms with Gasteiger partial charge in [-0.05, 0) is 66.7 Å². The fourth-order valence-electron chi connectivity index (χ4n) is 3.27. The molecule has 32 heavy (non-hydrogen) atoms. The summed E-state index contributed by atoms with van der Waals surface area (Å²) in [5.74, 6) is 1.75. The van der Waals surface area contributed by atoms with Crippen LogP contribution < -0.4 is 19.5 Å². The van der Waals surface area contributed by atoms with Crippen molar-refractivity contribution in [1.29, 1.82) is 0 Å². The number of amides is 1. The van der Waals surface area contributed by atoms with Gasteiger partial charge in [0.05, 0.1) is 12.8 Å². The predicted molar refractivity (Wildman–Crippen MR) is 122 cm³/mol. The quantitative estimate of drug-likeness (QED) is 0.434. The zero-order valence-electron chi connectivity index (χ0n) is 16.9. The monoisotopic (exact) mass is 492 g/mol. The topological polar surface area (TPSA) is 87.5 Å². The fraction of sp³-hybridized carbons (Fsp3) is 0.0870. The molecule has 0 bridgehead atoms. The summed E-state index contributed by atoms with van der Waals surface area (Å²) in [6.45, 7) is 0.197. The van der Waals surface area contributed by atoms with Gasteiger partial charge in [0.25, 0.3) is 5.91 Å². The molecule has 8 nitrogen and oxygen atoms in total. The number of aromatic nitrogens is 3. The van der Waals surface area contributed by atoms with Crippen LogP contribution in [0.3, 0.4) is 0 Å². The summed E-state index contributed by atoms with van der Waals surface area (Å²) < 4.78 is 18.7. The van der Waals surface area contributed by atoms with E-state index in [4.69, 9.17) is 14.2 Å². The van der Waals surface area contributed by atoms with Gasteiger partial charge in [-0.1, -0.05) is 15.9 Å². The third kappa shape index (κ3) is 3.90. The third-order valence-electron chi connectivity index (χ3n) is 4.88. The molecule has 1 aromatic heterocycles. The van der Waals surface area contributed by atoms with Gasteiger partial charge in [-0.25, -0.2) is 4.68 Å². The number of hydrogen-bond acceptors (Lipinski definition) is 6. The predicted octanol–water partition coefficient (Wildman–Crippen LogP) is 4.69. The minimum atomic E-state index is -0.186. The number of carbonyl (C=O) groups excluding carboxylic acids is 1. The number of halogens is 1. The zero-order valence-corrected chi connectivity index (χ0v) is 18.5. The van der Waals surface area contributed by atoms with Crippen molar-refractivity contribution in [2.24, 2.45) is 0 Å². The second-order valence-corrected chi connectivity index (χ2v) is 7.83. The van der Waals surface area contributed by atoms with E-state index in [1.54, 1.807) is 16.8 Å². The fourth-order valence-corrected chi connectivity index (χ4v) is 3.54. The Kier molecular flexibility index (Phi) is 5.24. The van der Waals surface area contributed by atoms with Crippen LogP contribution >= 0.6 is 15.9 Å². The molecule has 3 aromatic carbocycles. The number of hydrogen-bond donors (Lipinski definition) is 1. The molecular formula is C23H17BrN4O4. The standard InChI is InChI=1S/C23H17BrN4O4/c1-30-23-26-21(15-4-11-19-20(12-15)32-13-31-19)28(27-23)18-9-7-17(8-10-18)25-22(29)14-2-5-16(24)6-3-14/h2-12H,13H2,1H3,(H,25,29). The number of ether oxygens (including phenoxy) is 3. The summed E-state index contributed by atoms with van der Waals surface area (Å²) in [5, 5.41) is 7.33. The summed E-state index contributed by atoms with van der Waals surface area (Å²) in [5.41, 5.74) is 2.80. The maximum Gasteiger partial charge on any atom is 0.336 e. The lowest BCUT2D eigenvalue weighted by molar-refractivity contribution is 0.102. The van der Waals surface area contributed by atoms with Crippen LogP contribution in [-0.2, 0) is 0 Å². The lowest BCUT2D eigenvalue weighted by atomic mass is 10.2. The molecule has 0 saturated heterocycles. The number of benzene rings is 3. The molecule has 1 N–H and O–H groups in total. The Morgan fingerprint density at radius 1 is 1.03 bits per heavy atom. The molecule has 0 radical (unpaired) electrons. The molecular weight excluding hydrogens is 476 g/mol. The lowest BCUT2D eigenvalue weighted by Gasteiger charge is -2.09. The maximum atomic E-state index is 12.5. The molecule has 0 saturated carbocycles. The van der Waals surface area contributed by atoms with E-state index in [1.165, 1.54) is 7.11 Å². The van der Waals surface area contributed by atoms with Crippen LogP contribution in [0.4, 0.5) is 5.69 Å². The number of carbonyl (C=O) groups is 1. The molecule has 5 rings (SSSR count). The summed E-state index contributed by atoms with van der Waals surface area (Å²) >= 11 is 3.37. The van der Waals surface area contributed by atoms with Crippen LogP contribution in [-0.4, -0.2) is 34.6 Å². The number of rotatable bonds is 5. The van der Waals surface area contributed by atoms with Gasteiger partial charge in [0, 0.05) is 21.3 Å². The smallest absolute Gasteiger partial charge is 0.336 e. The molecule has 0 atom stereocenters. The van der Waals surface area contributed by atoms with E-state index in [9.17, 15) is 4.79 Å². The molecule has 0 fully saturated rings. The first-order valence-corrected chi connectivity index (χ1v) is 10.5. The second kappa shape index (κ2) is 8.35. The highest BCUT2D eigenvalue weighted by molar-refractivity contribution is 9.10. The Hall–Kier alpha value is -3.85. The molecule has 9 heteroatoms. The van der Waals surface area contributed by atoms with Gasteiger partial charge in [-0.2, -0.15) is 4.98 Å². The number of nitrogens with one attached hydrogen (secondary N) is 1. The Morgan fingerprint density at radius 3 is 2.53 bits per heavy atom. The first-order valence-electron chi connectivity index (χ1n) is 9.69. The molecule has 1 aliphatic rings. The summed E-state index contributed by atoms with van der Waals surface area (Å²) in [4.78, 5) is 16.9. The molecule has 0 spiro atoms. The van der Waals surface area contributed by atoms with E-state index < -0.39 is 0 Å². The maximum absolute atomic E-state index is 12.5. The van der Waals surface area contributed by atoms with Crippen molar-refractivity contribution in [2.45, 2.75) is 0 Å². The molecule has 1 amide bonds. The highest BCUT2D eigenvalue weighted by Gasteiger charge is 2.19. The van der Waals surface area contributed by atoms with E-state index in [0.717, 1.165) is 15.7 Å². The van der Waals surface area contributed by atoms with E-state index in [2.05, 4.69) is 31.3 Å². The van der Waals surface area contributed by atoms with Gasteiger partial charge >= 0.3 is 6.01 Å². The van der Waals surface area contributed by atoms with Crippen LogP contribution in [0.1, 0.15) is 10.4 Å².